The summed E-state index contributed by atoms with van der Waals surface area (Å²) in [5, 5.41) is 0. The number of benzene rings is 1. The van der Waals surface area contributed by atoms with Crippen LogP contribution in [0.3, 0.4) is 0 Å². The number of hydrogen-bond acceptors (Lipinski definition) is 3. The average Bonchev–Trinajstić information content (AvgIpc) is 3.30. The molecule has 1 aliphatic heterocycles. The standard InChI is InChI=1S/C17H22F4N2S/c1-12-8-14(18)15(9-16(12)24-11-17(19,20)21)23-6-4-22(5-7-23)10-13-2-3-13/h8-9,13H,2-7,10-11H2,1H3. The second-order valence-corrected chi connectivity index (χ2v) is 7.72. The van der Waals surface area contributed by atoms with Crippen LogP contribution in [0.5, 0.6) is 0 Å². The third-order valence-electron chi connectivity index (χ3n) is 4.56. The Balaban J connectivity index is 1.66. The third kappa shape index (κ3) is 4.79. The van der Waals surface area contributed by atoms with E-state index in [4.69, 9.17) is 0 Å². The zero-order valence-corrected chi connectivity index (χ0v) is 14.5. The first-order chi connectivity index (χ1) is 11.3. The molecule has 0 bridgehead atoms. The second-order valence-electron chi connectivity index (χ2n) is 6.70. The normalized spacial score (nSPS) is 19.8. The van der Waals surface area contributed by atoms with Gasteiger partial charge in [-0.25, -0.2) is 4.39 Å². The van der Waals surface area contributed by atoms with Crippen LogP contribution in [0.4, 0.5) is 23.2 Å². The van der Waals surface area contributed by atoms with Crippen LogP contribution >= 0.6 is 11.8 Å². The molecule has 0 atom stereocenters. The number of hydrogen-bond donors (Lipinski definition) is 0. The van der Waals surface area contributed by atoms with Crippen molar-refractivity contribution in [3.8, 4) is 0 Å². The van der Waals surface area contributed by atoms with E-state index in [1.165, 1.54) is 18.9 Å². The number of piperazine rings is 1. The maximum atomic E-state index is 14.3. The molecular formula is C17H22F4N2S. The van der Waals surface area contributed by atoms with Gasteiger partial charge in [-0.05, 0) is 43.4 Å². The molecule has 0 unspecified atom stereocenters. The molecule has 1 aromatic carbocycles. The van der Waals surface area contributed by atoms with Gasteiger partial charge in [-0.3, -0.25) is 4.90 Å². The van der Waals surface area contributed by atoms with Crippen LogP contribution < -0.4 is 4.90 Å². The number of rotatable bonds is 5. The predicted molar refractivity (Wildman–Crippen MR) is 89.3 cm³/mol. The van der Waals surface area contributed by atoms with Crippen LogP contribution in [0.1, 0.15) is 18.4 Å². The molecule has 1 heterocycles. The lowest BCUT2D eigenvalue weighted by atomic mass is 10.1. The van der Waals surface area contributed by atoms with Gasteiger partial charge in [-0.1, -0.05) is 0 Å². The van der Waals surface area contributed by atoms with Crippen molar-refractivity contribution >= 4 is 17.4 Å². The lowest BCUT2D eigenvalue weighted by molar-refractivity contribution is -0.105. The lowest BCUT2D eigenvalue weighted by Gasteiger charge is -2.36. The van der Waals surface area contributed by atoms with Gasteiger partial charge in [0.25, 0.3) is 0 Å². The molecule has 0 amide bonds. The van der Waals surface area contributed by atoms with Crippen molar-refractivity contribution in [3.63, 3.8) is 0 Å². The molecule has 2 fully saturated rings. The van der Waals surface area contributed by atoms with Gasteiger partial charge in [0.2, 0.25) is 0 Å². The minimum absolute atomic E-state index is 0.348. The largest absolute Gasteiger partial charge is 0.398 e. The van der Waals surface area contributed by atoms with Gasteiger partial charge in [-0.15, -0.1) is 11.8 Å². The number of anilines is 1. The first-order valence-corrected chi connectivity index (χ1v) is 9.27. The highest BCUT2D eigenvalue weighted by Crippen LogP contribution is 2.34. The number of halogens is 4. The fourth-order valence-corrected chi connectivity index (χ4v) is 3.84. The van der Waals surface area contributed by atoms with Gasteiger partial charge in [-0.2, -0.15) is 13.2 Å². The minimum Gasteiger partial charge on any atom is -0.367 e. The highest BCUT2D eigenvalue weighted by molar-refractivity contribution is 7.99. The Morgan fingerprint density at radius 3 is 2.38 bits per heavy atom. The number of thioether (sulfide) groups is 1. The Hall–Kier alpha value is -0.950. The van der Waals surface area contributed by atoms with Crippen molar-refractivity contribution in [2.75, 3.05) is 43.4 Å². The van der Waals surface area contributed by atoms with E-state index < -0.39 is 11.9 Å². The summed E-state index contributed by atoms with van der Waals surface area (Å²) in [7, 11) is 0. The Labute approximate surface area is 144 Å². The van der Waals surface area contributed by atoms with E-state index >= 15 is 0 Å². The number of alkyl halides is 3. The molecule has 1 aliphatic carbocycles. The van der Waals surface area contributed by atoms with E-state index in [1.54, 1.807) is 13.0 Å². The second kappa shape index (κ2) is 7.12. The van der Waals surface area contributed by atoms with Crippen LogP contribution in [-0.2, 0) is 0 Å². The summed E-state index contributed by atoms with van der Waals surface area (Å²) in [4.78, 5) is 4.86. The lowest BCUT2D eigenvalue weighted by Crippen LogP contribution is -2.47. The maximum Gasteiger partial charge on any atom is 0.398 e. The van der Waals surface area contributed by atoms with Gasteiger partial charge < -0.3 is 4.90 Å². The quantitative estimate of drug-likeness (QED) is 0.569. The summed E-state index contributed by atoms with van der Waals surface area (Å²) in [6.45, 7) is 5.98. The number of nitrogens with zero attached hydrogens (tertiary/aromatic N) is 2. The fraction of sp³-hybridized carbons (Fsp3) is 0.647. The maximum absolute atomic E-state index is 14.3. The molecule has 3 rings (SSSR count). The Bertz CT molecular complexity index is 579. The Morgan fingerprint density at radius 2 is 1.79 bits per heavy atom. The van der Waals surface area contributed by atoms with E-state index in [2.05, 4.69) is 4.90 Å². The Morgan fingerprint density at radius 1 is 1.12 bits per heavy atom. The third-order valence-corrected chi connectivity index (χ3v) is 5.78. The van der Waals surface area contributed by atoms with Crippen molar-refractivity contribution in [1.29, 1.82) is 0 Å². The van der Waals surface area contributed by atoms with E-state index in [0.717, 1.165) is 50.4 Å². The Kier molecular flexibility index (Phi) is 5.30. The molecule has 0 radical (unpaired) electrons. The van der Waals surface area contributed by atoms with Crippen LogP contribution in [0, 0.1) is 18.7 Å². The van der Waals surface area contributed by atoms with Gasteiger partial charge in [0.15, 0.2) is 0 Å². The zero-order valence-electron chi connectivity index (χ0n) is 13.7. The summed E-state index contributed by atoms with van der Waals surface area (Å²) in [5.41, 5.74) is 0.981. The van der Waals surface area contributed by atoms with Crippen LogP contribution in [0.2, 0.25) is 0 Å². The van der Waals surface area contributed by atoms with Crippen molar-refractivity contribution < 1.29 is 17.6 Å². The molecule has 2 aliphatic rings. The first-order valence-electron chi connectivity index (χ1n) is 8.29. The van der Waals surface area contributed by atoms with E-state index in [-0.39, 0.29) is 5.82 Å². The summed E-state index contributed by atoms with van der Waals surface area (Å²) < 4.78 is 51.7. The topological polar surface area (TPSA) is 6.48 Å². The summed E-state index contributed by atoms with van der Waals surface area (Å²) >= 11 is 0.729. The minimum atomic E-state index is -4.22. The zero-order chi connectivity index (χ0) is 17.3. The summed E-state index contributed by atoms with van der Waals surface area (Å²) in [6.07, 6.45) is -1.60. The summed E-state index contributed by atoms with van der Waals surface area (Å²) in [6, 6.07) is 2.93. The molecule has 1 saturated carbocycles. The molecule has 24 heavy (non-hydrogen) atoms. The van der Waals surface area contributed by atoms with Crippen molar-refractivity contribution in [2.45, 2.75) is 30.8 Å². The van der Waals surface area contributed by atoms with Crippen molar-refractivity contribution in [3.05, 3.63) is 23.5 Å². The van der Waals surface area contributed by atoms with Crippen LogP contribution in [0.25, 0.3) is 0 Å². The van der Waals surface area contributed by atoms with Crippen LogP contribution in [-0.4, -0.2) is 49.6 Å². The van der Waals surface area contributed by atoms with Crippen molar-refractivity contribution in [2.24, 2.45) is 5.92 Å². The van der Waals surface area contributed by atoms with Crippen LogP contribution in [0.15, 0.2) is 17.0 Å². The molecule has 1 saturated heterocycles. The molecule has 7 heteroatoms. The smallest absolute Gasteiger partial charge is 0.367 e. The average molecular weight is 362 g/mol. The predicted octanol–water partition coefficient (Wildman–Crippen LogP) is 4.32. The summed E-state index contributed by atoms with van der Waals surface area (Å²) in [5.74, 6) is -0.466. The van der Waals surface area contributed by atoms with E-state index in [1.807, 2.05) is 4.90 Å². The molecule has 0 aromatic heterocycles. The monoisotopic (exact) mass is 362 g/mol. The molecule has 0 N–H and O–H groups in total. The number of aryl methyl sites for hydroxylation is 1. The highest BCUT2D eigenvalue weighted by atomic mass is 32.2. The van der Waals surface area contributed by atoms with E-state index in [9.17, 15) is 17.6 Å². The molecule has 0 spiro atoms. The highest BCUT2D eigenvalue weighted by Gasteiger charge is 2.29. The fourth-order valence-electron chi connectivity index (χ4n) is 3.04. The van der Waals surface area contributed by atoms with E-state index in [0.29, 0.717) is 16.1 Å². The SMILES string of the molecule is Cc1cc(F)c(N2CCN(CC3CC3)CC2)cc1SCC(F)(F)F. The molecular weight excluding hydrogens is 340 g/mol. The van der Waals surface area contributed by atoms with Gasteiger partial charge in [0, 0.05) is 37.6 Å². The van der Waals surface area contributed by atoms with Gasteiger partial charge >= 0.3 is 6.18 Å². The first kappa shape index (κ1) is 17.9. The van der Waals surface area contributed by atoms with Gasteiger partial charge in [0.05, 0.1) is 11.4 Å². The molecule has 1 aromatic rings. The van der Waals surface area contributed by atoms with Crippen molar-refractivity contribution in [1.82, 2.24) is 4.90 Å². The molecule has 2 nitrogen and oxygen atoms in total. The van der Waals surface area contributed by atoms with Gasteiger partial charge in [0.1, 0.15) is 5.82 Å². The molecule has 134 valence electrons.